The number of halogens is 4. The van der Waals surface area contributed by atoms with Gasteiger partial charge in [0, 0.05) is 12.5 Å². The van der Waals surface area contributed by atoms with Crippen LogP contribution in [-0.4, -0.2) is 5.91 Å². The number of hydrogen-bond donors (Lipinski definition) is 1. The zero-order chi connectivity index (χ0) is 14.0. The lowest BCUT2D eigenvalue weighted by molar-refractivity contribution is 0.102. The molecule has 0 unspecified atom stereocenters. The van der Waals surface area contributed by atoms with Crippen molar-refractivity contribution in [3.63, 3.8) is 0 Å². The zero-order valence-corrected chi connectivity index (χ0v) is 15.5. The number of rotatable bonds is 2. The minimum Gasteiger partial charge on any atom is -0.321 e. The summed E-state index contributed by atoms with van der Waals surface area (Å²) in [6.45, 7) is 0. The van der Waals surface area contributed by atoms with Crippen LogP contribution in [-0.2, 0) is 0 Å². The maximum absolute atomic E-state index is 12.2. The molecule has 0 aliphatic carbocycles. The van der Waals surface area contributed by atoms with Gasteiger partial charge in [-0.25, -0.2) is 0 Å². The van der Waals surface area contributed by atoms with E-state index < -0.39 is 0 Å². The van der Waals surface area contributed by atoms with E-state index in [2.05, 4.69) is 59.8 Å². The van der Waals surface area contributed by atoms with Crippen LogP contribution >= 0.6 is 66.1 Å². The predicted molar refractivity (Wildman–Crippen MR) is 94.0 cm³/mol. The van der Waals surface area contributed by atoms with Crippen molar-refractivity contribution < 1.29 is 4.79 Å². The Morgan fingerprint density at radius 2 is 1.89 bits per heavy atom. The van der Waals surface area contributed by atoms with Crippen molar-refractivity contribution in [3.8, 4) is 0 Å². The third-order valence-corrected chi connectivity index (χ3v) is 5.00. The van der Waals surface area contributed by atoms with E-state index in [1.54, 1.807) is 18.2 Å². The molecule has 2 aromatic carbocycles. The molecule has 0 aliphatic heterocycles. The van der Waals surface area contributed by atoms with Gasteiger partial charge in [0.25, 0.3) is 5.91 Å². The van der Waals surface area contributed by atoms with E-state index in [4.69, 9.17) is 11.6 Å². The fourth-order valence-electron chi connectivity index (χ4n) is 1.46. The van der Waals surface area contributed by atoms with Gasteiger partial charge >= 0.3 is 0 Å². The molecule has 1 amide bonds. The van der Waals surface area contributed by atoms with E-state index in [-0.39, 0.29) is 5.91 Å². The van der Waals surface area contributed by atoms with E-state index in [9.17, 15) is 4.79 Å². The summed E-state index contributed by atoms with van der Waals surface area (Å²) in [6, 6.07) is 10.9. The number of anilines is 1. The highest BCUT2D eigenvalue weighted by Gasteiger charge is 2.13. The van der Waals surface area contributed by atoms with Crippen molar-refractivity contribution >= 4 is 77.6 Å². The molecule has 2 rings (SSSR count). The lowest BCUT2D eigenvalue weighted by Gasteiger charge is -2.09. The molecular formula is C13H7Br2ClINO. The van der Waals surface area contributed by atoms with Crippen molar-refractivity contribution in [2.75, 3.05) is 5.32 Å². The van der Waals surface area contributed by atoms with Crippen molar-refractivity contribution in [3.05, 3.63) is 59.5 Å². The second kappa shape index (κ2) is 6.56. The van der Waals surface area contributed by atoms with Crippen LogP contribution in [0.2, 0.25) is 5.02 Å². The molecule has 0 atom stereocenters. The van der Waals surface area contributed by atoms with Crippen molar-refractivity contribution in [2.45, 2.75) is 0 Å². The molecule has 0 saturated heterocycles. The normalized spacial score (nSPS) is 10.3. The number of nitrogens with one attached hydrogen (secondary N) is 1. The molecule has 98 valence electrons. The van der Waals surface area contributed by atoms with Gasteiger partial charge in [0.05, 0.1) is 16.3 Å². The molecule has 1 N–H and O–H groups in total. The molecule has 0 fully saturated rings. The number of benzene rings is 2. The monoisotopic (exact) mass is 513 g/mol. The Morgan fingerprint density at radius 3 is 2.58 bits per heavy atom. The average Bonchev–Trinajstić information content (AvgIpc) is 2.36. The third-order valence-electron chi connectivity index (χ3n) is 2.38. The van der Waals surface area contributed by atoms with Gasteiger partial charge in [0.1, 0.15) is 0 Å². The molecule has 19 heavy (non-hydrogen) atoms. The Balaban J connectivity index is 2.28. The van der Waals surface area contributed by atoms with Crippen molar-refractivity contribution in [1.29, 1.82) is 0 Å². The molecule has 0 saturated carbocycles. The van der Waals surface area contributed by atoms with Crippen molar-refractivity contribution in [1.82, 2.24) is 0 Å². The fraction of sp³-hybridized carbons (Fsp3) is 0. The molecule has 2 nitrogen and oxygen atoms in total. The summed E-state index contributed by atoms with van der Waals surface area (Å²) in [5.74, 6) is -0.242. The van der Waals surface area contributed by atoms with Crippen LogP contribution in [0, 0.1) is 3.57 Å². The highest BCUT2D eigenvalue weighted by Crippen LogP contribution is 2.28. The maximum atomic E-state index is 12.2. The first-order chi connectivity index (χ1) is 8.99. The summed E-state index contributed by atoms with van der Waals surface area (Å²) < 4.78 is 2.62. The van der Waals surface area contributed by atoms with E-state index >= 15 is 0 Å². The number of amides is 1. The van der Waals surface area contributed by atoms with Gasteiger partial charge < -0.3 is 5.32 Å². The Kier molecular flexibility index (Phi) is 5.28. The molecule has 6 heteroatoms. The minimum absolute atomic E-state index is 0.242. The Labute approximate surface area is 146 Å². The summed E-state index contributed by atoms with van der Waals surface area (Å²) in [7, 11) is 0. The molecular weight excluding hydrogens is 508 g/mol. The summed E-state index contributed by atoms with van der Waals surface area (Å²) >= 11 is 15.0. The van der Waals surface area contributed by atoms with Crippen LogP contribution in [0.1, 0.15) is 10.4 Å². The van der Waals surface area contributed by atoms with Gasteiger partial charge in [-0.15, -0.1) is 0 Å². The lowest BCUT2D eigenvalue weighted by atomic mass is 10.2. The lowest BCUT2D eigenvalue weighted by Crippen LogP contribution is -2.13. The minimum atomic E-state index is -0.242. The summed E-state index contributed by atoms with van der Waals surface area (Å²) in [5.41, 5.74) is 1.14. The molecule has 0 radical (unpaired) electrons. The molecule has 0 spiro atoms. The van der Waals surface area contributed by atoms with Gasteiger partial charge in [-0.1, -0.05) is 17.7 Å². The topological polar surface area (TPSA) is 29.1 Å². The van der Waals surface area contributed by atoms with E-state index in [1.807, 2.05) is 18.2 Å². The zero-order valence-electron chi connectivity index (χ0n) is 9.38. The first-order valence-electron chi connectivity index (χ1n) is 5.19. The van der Waals surface area contributed by atoms with Gasteiger partial charge in [-0.3, -0.25) is 4.79 Å². The standard InChI is InChI=1S/C13H7Br2ClINO/c14-9-3-1-2-8(12(9)16)13(19)18-11-5-4-7(17)6-10(11)15/h1-6H,(H,18,19). The predicted octanol–water partition coefficient (Wildman–Crippen LogP) is 5.72. The highest BCUT2D eigenvalue weighted by molar-refractivity contribution is 14.1. The Bertz CT molecular complexity index is 649. The first kappa shape index (κ1) is 15.3. The van der Waals surface area contributed by atoms with Gasteiger partial charge in [0.2, 0.25) is 0 Å². The van der Waals surface area contributed by atoms with E-state index in [0.29, 0.717) is 20.7 Å². The third kappa shape index (κ3) is 3.71. The van der Waals surface area contributed by atoms with Crippen LogP contribution < -0.4 is 5.32 Å². The smallest absolute Gasteiger partial charge is 0.257 e. The molecule has 0 aromatic heterocycles. The van der Waals surface area contributed by atoms with Crippen LogP contribution in [0.25, 0.3) is 0 Å². The number of carbonyl (C=O) groups is 1. The van der Waals surface area contributed by atoms with Gasteiger partial charge in [-0.05, 0) is 84.8 Å². The van der Waals surface area contributed by atoms with Crippen molar-refractivity contribution in [2.24, 2.45) is 0 Å². The summed E-state index contributed by atoms with van der Waals surface area (Å²) in [6.07, 6.45) is 0. The largest absolute Gasteiger partial charge is 0.321 e. The van der Waals surface area contributed by atoms with E-state index in [1.165, 1.54) is 0 Å². The summed E-state index contributed by atoms with van der Waals surface area (Å²) in [4.78, 5) is 12.2. The summed E-state index contributed by atoms with van der Waals surface area (Å²) in [5, 5.41) is 3.23. The number of hydrogen-bond acceptors (Lipinski definition) is 1. The number of carbonyl (C=O) groups excluding carboxylic acids is 1. The van der Waals surface area contributed by atoms with Crippen LogP contribution in [0.5, 0.6) is 0 Å². The molecule has 0 bridgehead atoms. The quantitative estimate of drug-likeness (QED) is 0.510. The van der Waals surface area contributed by atoms with Gasteiger partial charge in [0.15, 0.2) is 0 Å². The molecule has 0 heterocycles. The Hall–Kier alpha value is -0.110. The van der Waals surface area contributed by atoms with Crippen LogP contribution in [0.15, 0.2) is 45.3 Å². The molecule has 0 aliphatic rings. The second-order valence-electron chi connectivity index (χ2n) is 3.68. The Morgan fingerprint density at radius 1 is 1.16 bits per heavy atom. The fourth-order valence-corrected chi connectivity index (χ4v) is 3.43. The first-order valence-corrected chi connectivity index (χ1v) is 8.23. The van der Waals surface area contributed by atoms with E-state index in [0.717, 1.165) is 8.04 Å². The highest BCUT2D eigenvalue weighted by atomic mass is 127. The molecule has 2 aromatic rings. The average molecular weight is 515 g/mol. The van der Waals surface area contributed by atoms with Crippen LogP contribution in [0.4, 0.5) is 5.69 Å². The maximum Gasteiger partial charge on any atom is 0.257 e. The second-order valence-corrected chi connectivity index (χ2v) is 7.01. The SMILES string of the molecule is O=C(Nc1ccc(I)cc1Br)c1cccc(Br)c1Cl. The van der Waals surface area contributed by atoms with Gasteiger partial charge in [-0.2, -0.15) is 0 Å². The van der Waals surface area contributed by atoms with Crippen LogP contribution in [0.3, 0.4) is 0 Å².